The maximum Gasteiger partial charge on any atom is 0.410 e. The Hall–Kier alpha value is -8.62. The fourth-order valence-corrected chi connectivity index (χ4v) is 11.0. The zero-order chi connectivity index (χ0) is 62.3. The highest BCUT2D eigenvalue weighted by atomic mass is 19.1. The van der Waals surface area contributed by atoms with Gasteiger partial charge in [0.2, 0.25) is 11.8 Å². The Bertz CT molecular complexity index is 3160. The van der Waals surface area contributed by atoms with Gasteiger partial charge >= 0.3 is 18.2 Å². The number of amides is 10. The molecule has 0 spiro atoms. The van der Waals surface area contributed by atoms with Gasteiger partial charge in [-0.2, -0.15) is 0 Å². The molecule has 6 atom stereocenters. The van der Waals surface area contributed by atoms with Gasteiger partial charge in [-0.15, -0.1) is 0 Å². The minimum absolute atomic E-state index is 0.0413. The van der Waals surface area contributed by atoms with Crippen molar-refractivity contribution < 1.29 is 71.2 Å². The van der Waals surface area contributed by atoms with Gasteiger partial charge in [0, 0.05) is 87.9 Å². The molecule has 0 bridgehead atoms. The summed E-state index contributed by atoms with van der Waals surface area (Å²) < 4.78 is 60.0. The number of aliphatic hydroxyl groups is 2. The zero-order valence-electron chi connectivity index (χ0n) is 48.5. The van der Waals surface area contributed by atoms with Crippen LogP contribution in [0.3, 0.4) is 0 Å². The van der Waals surface area contributed by atoms with E-state index in [2.05, 4.69) is 21.3 Å². The number of urea groups is 2. The Morgan fingerprint density at radius 1 is 0.851 bits per heavy atom. The van der Waals surface area contributed by atoms with E-state index < -0.39 is 83.9 Å². The molecule has 4 aliphatic heterocycles. The van der Waals surface area contributed by atoms with Crippen molar-refractivity contribution in [2.24, 2.45) is 17.6 Å². The molecule has 0 aliphatic carbocycles. The number of β-amino-alcohol motifs (C(OH)–C–C–N with tert-alkyl or cyclic N) is 2. The number of aromatic nitrogens is 2. The van der Waals surface area contributed by atoms with Crippen molar-refractivity contribution in [3.8, 4) is 11.3 Å². The summed E-state index contributed by atoms with van der Waals surface area (Å²) >= 11 is 0. The minimum Gasteiger partial charge on any atom is -0.445 e. The van der Waals surface area contributed by atoms with Crippen LogP contribution >= 0.6 is 0 Å². The van der Waals surface area contributed by atoms with Crippen molar-refractivity contribution in [2.45, 2.75) is 109 Å². The highest BCUT2D eigenvalue weighted by Gasteiger charge is 2.46. The van der Waals surface area contributed by atoms with Crippen LogP contribution in [0.25, 0.3) is 11.3 Å². The monoisotopic (exact) mass is 1210 g/mol. The van der Waals surface area contributed by atoms with Gasteiger partial charge in [-0.05, 0) is 105 Å². The van der Waals surface area contributed by atoms with Crippen molar-refractivity contribution in [2.75, 3.05) is 64.3 Å². The van der Waals surface area contributed by atoms with Crippen molar-refractivity contribution in [3.05, 3.63) is 131 Å². The Labute approximate surface area is 501 Å². The molecule has 8 rings (SSSR count). The SMILES string of the molecule is CC(C)=C(NC(=O)CCCCCN1C(=O)C=CC1=O)C(=O)N[C@@H](CCCNC(N)=O)C(=O)Nc1ccc(COC(=O)N2C[C@@H](CN(C(=O)N3C[C@@H](O)[C@@H](O)C3)[C@@H](c3nc(-c4cc(F)ccc4F)cn3Cc3ccccc3)C3CCOCC3)[C@@H](F)C2)cc1. The number of ether oxygens (including phenoxy) is 2. The molecule has 0 radical (unpaired) electrons. The zero-order valence-corrected chi connectivity index (χ0v) is 48.5. The number of nitrogens with one attached hydrogen (secondary N) is 4. The van der Waals surface area contributed by atoms with Crippen LogP contribution in [-0.4, -0.2) is 171 Å². The van der Waals surface area contributed by atoms with Gasteiger partial charge in [-0.25, -0.2) is 32.5 Å². The number of carbonyl (C=O) groups excluding carboxylic acids is 8. The number of nitrogens with zero attached hydrogens (tertiary/aromatic N) is 6. The highest BCUT2D eigenvalue weighted by molar-refractivity contribution is 6.12. The average molecular weight is 1210 g/mol. The standard InChI is InChI=1S/C61H74F3N11O12/c1-37(2)54(70-51(78)13-7-4-8-25-74-52(79)20-21-53(74)80)58(82)69-47(12-9-24-66-59(65)83)57(81)67-43-17-14-39(15-18-43)36-87-61(85)73-30-41(46(64)32-73)31-75(60(84)72-34-49(76)50(77)35-72)55(40-22-26-86-27-23-40)56-68-48(44-28-42(62)16-19-45(44)63)33-71(56)29-38-10-5-3-6-11-38/h3,5-6,10-11,14-21,28,33,40-41,46-47,49-50,55,76-77H,4,7-9,12-13,22-27,29-32,34-36H2,1-2H3,(H,67,81)(H,69,82)(H,70,78)(H3,65,66,83)/t41-,46-,47-,49-,50+,55+/m0/s1. The number of alkyl halides is 1. The maximum atomic E-state index is 16.6. The van der Waals surface area contributed by atoms with E-state index in [0.717, 1.165) is 28.7 Å². The van der Waals surface area contributed by atoms with Gasteiger partial charge in [-0.1, -0.05) is 48.9 Å². The predicted octanol–water partition coefficient (Wildman–Crippen LogP) is 5.18. The first-order chi connectivity index (χ1) is 41.7. The van der Waals surface area contributed by atoms with Crippen LogP contribution in [0.1, 0.15) is 88.2 Å². The smallest absolute Gasteiger partial charge is 0.410 e. The molecule has 5 heterocycles. The maximum absolute atomic E-state index is 16.6. The first kappa shape index (κ1) is 64.4. The summed E-state index contributed by atoms with van der Waals surface area (Å²) in [6.45, 7) is 2.86. The second-order valence-corrected chi connectivity index (χ2v) is 22.4. The molecule has 8 N–H and O–H groups in total. The molecule has 3 saturated heterocycles. The van der Waals surface area contributed by atoms with Crippen molar-refractivity contribution in [1.29, 1.82) is 0 Å². The van der Waals surface area contributed by atoms with E-state index in [1.165, 1.54) is 26.9 Å². The molecule has 87 heavy (non-hydrogen) atoms. The predicted molar refractivity (Wildman–Crippen MR) is 310 cm³/mol. The van der Waals surface area contributed by atoms with Crippen LogP contribution in [0.15, 0.2) is 102 Å². The van der Waals surface area contributed by atoms with Gasteiger partial charge in [-0.3, -0.25) is 28.9 Å². The number of allylic oxidation sites excluding steroid dienone is 1. The number of hydrogen-bond donors (Lipinski definition) is 7. The number of hydrogen-bond acceptors (Lipinski definition) is 13. The lowest BCUT2D eigenvalue weighted by atomic mass is 9.89. The van der Waals surface area contributed by atoms with E-state index in [-0.39, 0.29) is 113 Å². The van der Waals surface area contributed by atoms with Crippen molar-refractivity contribution in [3.63, 3.8) is 0 Å². The highest BCUT2D eigenvalue weighted by Crippen LogP contribution is 2.40. The lowest BCUT2D eigenvalue weighted by Gasteiger charge is -2.41. The first-order valence-corrected chi connectivity index (χ1v) is 29.1. The van der Waals surface area contributed by atoms with Crippen LogP contribution in [0.2, 0.25) is 0 Å². The van der Waals surface area contributed by atoms with E-state index >= 15 is 13.6 Å². The van der Waals surface area contributed by atoms with Crippen LogP contribution in [0.5, 0.6) is 0 Å². The third-order valence-electron chi connectivity index (χ3n) is 15.7. The molecule has 0 unspecified atom stereocenters. The molecule has 23 nitrogen and oxygen atoms in total. The number of imide groups is 1. The summed E-state index contributed by atoms with van der Waals surface area (Å²) in [6.07, 6.45) is 1.60. The van der Waals surface area contributed by atoms with E-state index in [9.17, 15) is 48.2 Å². The van der Waals surface area contributed by atoms with E-state index in [1.54, 1.807) is 48.9 Å². The summed E-state index contributed by atoms with van der Waals surface area (Å²) in [5, 5.41) is 31.8. The normalized spacial score (nSPS) is 19.2. The summed E-state index contributed by atoms with van der Waals surface area (Å²) in [5.74, 6) is -5.05. The van der Waals surface area contributed by atoms with E-state index in [4.69, 9.17) is 20.2 Å². The van der Waals surface area contributed by atoms with E-state index in [1.807, 2.05) is 30.3 Å². The first-order valence-electron chi connectivity index (χ1n) is 29.1. The lowest BCUT2D eigenvalue weighted by molar-refractivity contribution is -0.137. The fraction of sp³-hybridized carbons (Fsp3) is 0.459. The summed E-state index contributed by atoms with van der Waals surface area (Å²) in [7, 11) is 0. The largest absolute Gasteiger partial charge is 0.445 e. The molecule has 0 saturated carbocycles. The Morgan fingerprint density at radius 3 is 2.23 bits per heavy atom. The Kier molecular flexibility index (Phi) is 22.3. The number of benzene rings is 3. The number of anilines is 1. The molecular weight excluding hydrogens is 1140 g/mol. The molecule has 10 amide bonds. The van der Waals surface area contributed by atoms with Gasteiger partial charge in [0.15, 0.2) is 0 Å². The molecule has 4 aliphatic rings. The number of aliphatic hydroxyl groups excluding tert-OH is 2. The number of primary amides is 1. The number of nitrogens with two attached hydrogens (primary N) is 1. The lowest BCUT2D eigenvalue weighted by Crippen LogP contribution is -2.50. The molecule has 1 aromatic heterocycles. The topological polar surface area (TPSA) is 300 Å². The summed E-state index contributed by atoms with van der Waals surface area (Å²) in [4.78, 5) is 114. The average Bonchev–Trinajstić information content (AvgIpc) is 2.36. The third-order valence-corrected chi connectivity index (χ3v) is 15.7. The van der Waals surface area contributed by atoms with Crippen LogP contribution in [0.4, 0.5) is 33.2 Å². The number of imidazole rings is 1. The number of carbonyl (C=O) groups is 8. The van der Waals surface area contributed by atoms with E-state index in [0.29, 0.717) is 68.0 Å². The van der Waals surface area contributed by atoms with Crippen LogP contribution in [0, 0.1) is 23.5 Å². The van der Waals surface area contributed by atoms with Gasteiger partial charge in [0.05, 0.1) is 43.6 Å². The molecule has 466 valence electrons. The number of likely N-dealkylation sites (tertiary alicyclic amines) is 2. The fourth-order valence-electron chi connectivity index (χ4n) is 11.0. The van der Waals surface area contributed by atoms with Crippen LogP contribution < -0.4 is 27.0 Å². The molecule has 4 aromatic rings. The number of halogens is 3. The van der Waals surface area contributed by atoms with Crippen molar-refractivity contribution >= 4 is 53.4 Å². The second-order valence-electron chi connectivity index (χ2n) is 22.4. The molecule has 26 heteroatoms. The number of rotatable bonds is 25. The van der Waals surface area contributed by atoms with Gasteiger partial charge in [0.1, 0.15) is 42.0 Å². The number of unbranched alkanes of at least 4 members (excludes halogenated alkanes) is 2. The third kappa shape index (κ3) is 17.3. The molecular formula is C61H74F3N11O12. The van der Waals surface area contributed by atoms with Crippen LogP contribution in [-0.2, 0) is 46.6 Å². The van der Waals surface area contributed by atoms with Gasteiger partial charge in [0.25, 0.3) is 17.7 Å². The van der Waals surface area contributed by atoms with Gasteiger partial charge < -0.3 is 66.0 Å². The molecule has 3 fully saturated rings. The minimum atomic E-state index is -1.66. The second kappa shape index (κ2) is 30.1. The summed E-state index contributed by atoms with van der Waals surface area (Å²) in [6, 6.07) is 15.1. The Balaban J connectivity index is 0.919. The Morgan fingerprint density at radius 2 is 1.55 bits per heavy atom. The summed E-state index contributed by atoms with van der Waals surface area (Å²) in [5.41, 5.74) is 7.22. The quantitative estimate of drug-likeness (QED) is 0.0256. The molecule has 3 aromatic carbocycles. The van der Waals surface area contributed by atoms with Crippen molar-refractivity contribution in [1.82, 2.24) is 45.1 Å².